The molecular weight excluding hydrogens is 267 g/mol. The van der Waals surface area contributed by atoms with E-state index >= 15 is 0 Å². The van der Waals surface area contributed by atoms with Gasteiger partial charge in [-0.2, -0.15) is 0 Å². The molecule has 0 bridgehead atoms. The third-order valence-corrected chi connectivity index (χ3v) is 3.21. The Kier molecular flexibility index (Phi) is 4.26. The Balaban J connectivity index is 2.37. The molecule has 3 nitrogen and oxygen atoms in total. The van der Waals surface area contributed by atoms with E-state index in [1.54, 1.807) is 13.0 Å². The first-order chi connectivity index (χ1) is 9.85. The van der Waals surface area contributed by atoms with Crippen LogP contribution < -0.4 is 11.1 Å². The number of hydrogen-bond donors (Lipinski definition) is 2. The van der Waals surface area contributed by atoms with Crippen LogP contribution in [0.15, 0.2) is 36.4 Å². The number of halogens is 1. The number of hydrogen-bond acceptors (Lipinski definition) is 2. The van der Waals surface area contributed by atoms with Gasteiger partial charge in [0.2, 0.25) is 5.91 Å². The van der Waals surface area contributed by atoms with Gasteiger partial charge < -0.3 is 11.1 Å². The molecule has 4 heteroatoms. The van der Waals surface area contributed by atoms with Gasteiger partial charge in [-0.15, -0.1) is 0 Å². The third kappa shape index (κ3) is 3.81. The third-order valence-electron chi connectivity index (χ3n) is 3.21. The van der Waals surface area contributed by atoms with E-state index in [0.29, 0.717) is 5.69 Å². The van der Waals surface area contributed by atoms with Crippen molar-refractivity contribution in [2.75, 3.05) is 5.32 Å². The molecule has 2 aromatic carbocycles. The van der Waals surface area contributed by atoms with Crippen LogP contribution in [0.1, 0.15) is 28.3 Å². The molecule has 0 spiro atoms. The maximum absolute atomic E-state index is 13.5. The Morgan fingerprint density at radius 1 is 1.00 bits per heavy atom. The molecule has 0 radical (unpaired) electrons. The lowest BCUT2D eigenvalue weighted by atomic mass is 10.0. The highest BCUT2D eigenvalue weighted by molar-refractivity contribution is 5.84. The van der Waals surface area contributed by atoms with E-state index in [0.717, 1.165) is 22.3 Å². The van der Waals surface area contributed by atoms with Crippen molar-refractivity contribution in [3.63, 3.8) is 0 Å². The first-order valence-corrected chi connectivity index (χ1v) is 6.76. The zero-order chi connectivity index (χ0) is 15.6. The largest absolute Gasteiger partial charge is 0.370 e. The molecule has 1 amide bonds. The molecule has 0 saturated carbocycles. The summed E-state index contributed by atoms with van der Waals surface area (Å²) in [4.78, 5) is 11.8. The van der Waals surface area contributed by atoms with Gasteiger partial charge in [-0.3, -0.25) is 4.79 Å². The average molecular weight is 286 g/mol. The minimum Gasteiger partial charge on any atom is -0.370 e. The van der Waals surface area contributed by atoms with Gasteiger partial charge in [-0.1, -0.05) is 29.3 Å². The van der Waals surface area contributed by atoms with Crippen LogP contribution in [0.5, 0.6) is 0 Å². The van der Waals surface area contributed by atoms with E-state index < -0.39 is 11.9 Å². The second kappa shape index (κ2) is 5.95. The van der Waals surface area contributed by atoms with Gasteiger partial charge in [0, 0.05) is 5.69 Å². The molecule has 0 aromatic heterocycles. The summed E-state index contributed by atoms with van der Waals surface area (Å²) in [6.07, 6.45) is 0. The van der Waals surface area contributed by atoms with Crippen LogP contribution in [-0.2, 0) is 4.79 Å². The number of nitrogens with one attached hydrogen (secondary N) is 1. The summed E-state index contributed by atoms with van der Waals surface area (Å²) in [7, 11) is 0. The Morgan fingerprint density at radius 3 is 2.10 bits per heavy atom. The molecule has 2 rings (SSSR count). The van der Waals surface area contributed by atoms with Crippen LogP contribution in [0.25, 0.3) is 0 Å². The van der Waals surface area contributed by atoms with Crippen molar-refractivity contribution >= 4 is 11.6 Å². The van der Waals surface area contributed by atoms with Gasteiger partial charge in [0.25, 0.3) is 0 Å². The molecule has 21 heavy (non-hydrogen) atoms. The molecular formula is C17H19FN2O. The molecule has 0 aliphatic carbocycles. The van der Waals surface area contributed by atoms with Crippen LogP contribution in [0.2, 0.25) is 0 Å². The van der Waals surface area contributed by atoms with Crippen LogP contribution in [0.3, 0.4) is 0 Å². The fourth-order valence-corrected chi connectivity index (χ4v) is 2.48. The normalized spacial score (nSPS) is 12.0. The topological polar surface area (TPSA) is 55.1 Å². The molecule has 1 atom stereocenters. The number of carbonyl (C=O) groups is 1. The average Bonchev–Trinajstić information content (AvgIpc) is 2.33. The fourth-order valence-electron chi connectivity index (χ4n) is 2.48. The Labute approximate surface area is 124 Å². The predicted octanol–water partition coefficient (Wildman–Crippen LogP) is 3.39. The van der Waals surface area contributed by atoms with E-state index in [1.807, 2.05) is 32.0 Å². The minimum absolute atomic E-state index is 0.346. The van der Waals surface area contributed by atoms with Gasteiger partial charge in [0.1, 0.15) is 11.9 Å². The van der Waals surface area contributed by atoms with Gasteiger partial charge in [0.05, 0.1) is 0 Å². The van der Waals surface area contributed by atoms with Crippen LogP contribution >= 0.6 is 0 Å². The number of amides is 1. The molecule has 0 aliphatic rings. The maximum Gasteiger partial charge on any atom is 0.244 e. The number of nitrogens with two attached hydrogens (primary N) is 1. The monoisotopic (exact) mass is 286 g/mol. The van der Waals surface area contributed by atoms with E-state index in [1.165, 1.54) is 12.1 Å². The number of carbonyl (C=O) groups excluding carboxylic acids is 1. The van der Waals surface area contributed by atoms with Gasteiger partial charge >= 0.3 is 0 Å². The Hall–Kier alpha value is -2.36. The van der Waals surface area contributed by atoms with Crippen molar-refractivity contribution in [3.8, 4) is 0 Å². The van der Waals surface area contributed by atoms with Crippen molar-refractivity contribution in [2.24, 2.45) is 5.73 Å². The zero-order valence-corrected chi connectivity index (χ0v) is 12.4. The number of anilines is 1. The van der Waals surface area contributed by atoms with E-state index in [-0.39, 0.29) is 5.82 Å². The van der Waals surface area contributed by atoms with Gasteiger partial charge in [-0.25, -0.2) is 4.39 Å². The summed E-state index contributed by atoms with van der Waals surface area (Å²) in [5.41, 5.74) is 9.69. The first-order valence-electron chi connectivity index (χ1n) is 6.76. The van der Waals surface area contributed by atoms with Crippen molar-refractivity contribution in [1.82, 2.24) is 0 Å². The van der Waals surface area contributed by atoms with Crippen LogP contribution in [-0.4, -0.2) is 5.91 Å². The summed E-state index contributed by atoms with van der Waals surface area (Å²) >= 11 is 0. The molecule has 3 N–H and O–H groups in total. The second-order valence-electron chi connectivity index (χ2n) is 5.42. The molecule has 0 saturated heterocycles. The Morgan fingerprint density at radius 2 is 1.57 bits per heavy atom. The molecule has 110 valence electrons. The van der Waals surface area contributed by atoms with Gasteiger partial charge in [0.15, 0.2) is 0 Å². The molecule has 1 unspecified atom stereocenters. The zero-order valence-electron chi connectivity index (χ0n) is 12.4. The van der Waals surface area contributed by atoms with Gasteiger partial charge in [-0.05, 0) is 50.1 Å². The summed E-state index contributed by atoms with van der Waals surface area (Å²) in [5, 5.41) is 3.02. The lowest BCUT2D eigenvalue weighted by Gasteiger charge is -2.19. The smallest absolute Gasteiger partial charge is 0.244 e. The van der Waals surface area contributed by atoms with Crippen LogP contribution in [0.4, 0.5) is 10.1 Å². The number of rotatable bonds is 4. The highest BCUT2D eigenvalue weighted by Crippen LogP contribution is 2.23. The quantitative estimate of drug-likeness (QED) is 0.905. The first kappa shape index (κ1) is 15.0. The Bertz CT molecular complexity index is 642. The lowest BCUT2D eigenvalue weighted by molar-refractivity contribution is -0.118. The van der Waals surface area contributed by atoms with E-state index in [2.05, 4.69) is 5.32 Å². The fraction of sp³-hybridized carbons (Fsp3) is 0.235. The number of primary amides is 1. The number of benzene rings is 2. The van der Waals surface area contributed by atoms with Crippen molar-refractivity contribution in [3.05, 3.63) is 64.5 Å². The predicted molar refractivity (Wildman–Crippen MR) is 82.6 cm³/mol. The summed E-state index contributed by atoms with van der Waals surface area (Å²) in [6, 6.07) is 9.70. The summed E-state index contributed by atoms with van der Waals surface area (Å²) in [5.74, 6) is -0.844. The van der Waals surface area contributed by atoms with Crippen molar-refractivity contribution in [1.29, 1.82) is 0 Å². The highest BCUT2D eigenvalue weighted by Gasteiger charge is 2.18. The highest BCUT2D eigenvalue weighted by atomic mass is 19.1. The van der Waals surface area contributed by atoms with E-state index in [9.17, 15) is 9.18 Å². The molecule has 0 heterocycles. The second-order valence-corrected chi connectivity index (χ2v) is 5.42. The summed E-state index contributed by atoms with van der Waals surface area (Å²) < 4.78 is 13.5. The lowest BCUT2D eigenvalue weighted by Crippen LogP contribution is -2.28. The number of aryl methyl sites for hydroxylation is 3. The molecule has 2 aromatic rings. The van der Waals surface area contributed by atoms with Crippen LogP contribution in [0, 0.1) is 26.6 Å². The van der Waals surface area contributed by atoms with E-state index in [4.69, 9.17) is 5.73 Å². The summed E-state index contributed by atoms with van der Waals surface area (Å²) in [6.45, 7) is 5.71. The molecule has 0 fully saturated rings. The maximum atomic E-state index is 13.5. The standard InChI is InChI=1S/C17H19FN2O/c1-10-4-11(2)6-13(5-10)16(17(19)21)20-15-8-12(3)7-14(18)9-15/h4-9,16,20H,1-3H3,(H2,19,21). The SMILES string of the molecule is Cc1cc(F)cc(NC(C(N)=O)c2cc(C)cc(C)c2)c1. The van der Waals surface area contributed by atoms with Crippen molar-refractivity contribution < 1.29 is 9.18 Å². The minimum atomic E-state index is -0.690. The molecule has 0 aliphatic heterocycles. The van der Waals surface area contributed by atoms with Crippen molar-refractivity contribution in [2.45, 2.75) is 26.8 Å².